The number of hydrogen-bond acceptors (Lipinski definition) is 1. The minimum atomic E-state index is 0.412. The highest BCUT2D eigenvalue weighted by atomic mass is 15.3. The summed E-state index contributed by atoms with van der Waals surface area (Å²) < 4.78 is 0. The largest absolute Gasteiger partial charge is 0.293 e. The Hall–Kier alpha value is -0.0400. The van der Waals surface area contributed by atoms with Crippen molar-refractivity contribution in [2.45, 2.75) is 84.2 Å². The molecule has 0 amide bonds. The van der Waals surface area contributed by atoms with E-state index in [2.05, 4.69) is 39.5 Å². The fourth-order valence-electron chi connectivity index (χ4n) is 3.17. The lowest BCUT2D eigenvalue weighted by Crippen LogP contribution is -2.58. The second-order valence-electron chi connectivity index (χ2n) is 6.34. The molecule has 0 unspecified atom stereocenters. The van der Waals surface area contributed by atoms with E-state index in [1.165, 1.54) is 45.1 Å². The molecule has 0 aromatic carbocycles. The van der Waals surface area contributed by atoms with Crippen molar-refractivity contribution in [3.63, 3.8) is 0 Å². The normalized spacial score (nSPS) is 25.4. The maximum atomic E-state index is 2.75. The molecule has 15 heavy (non-hydrogen) atoms. The number of likely N-dealkylation sites (tertiary alicyclic amines) is 1. The maximum absolute atomic E-state index is 2.75. The Balaban J connectivity index is 2.60. The first kappa shape index (κ1) is 13.0. The van der Waals surface area contributed by atoms with Crippen molar-refractivity contribution in [3.05, 3.63) is 0 Å². The molecule has 0 saturated carbocycles. The van der Waals surface area contributed by atoms with Crippen LogP contribution >= 0.6 is 0 Å². The fourth-order valence-corrected chi connectivity index (χ4v) is 3.17. The summed E-state index contributed by atoms with van der Waals surface area (Å²) in [6.07, 6.45) is 8.19. The third-order valence-corrected chi connectivity index (χ3v) is 4.02. The molecule has 0 N–H and O–H groups in total. The fraction of sp³-hybridized carbons (Fsp3) is 1.00. The van der Waals surface area contributed by atoms with E-state index >= 15 is 0 Å². The Kier molecular flexibility index (Phi) is 4.22. The highest BCUT2D eigenvalue weighted by Gasteiger charge is 2.40. The molecular formula is C14H29N. The van der Waals surface area contributed by atoms with E-state index in [-0.39, 0.29) is 0 Å². The lowest BCUT2D eigenvalue weighted by atomic mass is 9.79. The van der Waals surface area contributed by atoms with E-state index in [9.17, 15) is 0 Å². The molecule has 1 heterocycles. The van der Waals surface area contributed by atoms with Crippen molar-refractivity contribution in [1.29, 1.82) is 0 Å². The van der Waals surface area contributed by atoms with E-state index in [4.69, 9.17) is 0 Å². The van der Waals surface area contributed by atoms with Crippen LogP contribution in [0.15, 0.2) is 0 Å². The van der Waals surface area contributed by atoms with Gasteiger partial charge in [-0.1, -0.05) is 19.8 Å². The molecule has 0 radical (unpaired) electrons. The van der Waals surface area contributed by atoms with Crippen LogP contribution in [0.2, 0.25) is 0 Å². The second-order valence-corrected chi connectivity index (χ2v) is 6.34. The van der Waals surface area contributed by atoms with E-state index in [1.807, 2.05) is 0 Å². The summed E-state index contributed by atoms with van der Waals surface area (Å²) in [6.45, 7) is 13.2. The Morgan fingerprint density at radius 3 is 1.93 bits per heavy atom. The number of unbranched alkanes of at least 4 members (excludes halogenated alkanes) is 2. The third-order valence-electron chi connectivity index (χ3n) is 4.02. The van der Waals surface area contributed by atoms with Gasteiger partial charge < -0.3 is 0 Å². The van der Waals surface area contributed by atoms with Crippen LogP contribution in [0.4, 0.5) is 0 Å². The zero-order chi connectivity index (χ0) is 11.5. The van der Waals surface area contributed by atoms with Crippen LogP contribution in [0.1, 0.15) is 73.1 Å². The quantitative estimate of drug-likeness (QED) is 0.629. The van der Waals surface area contributed by atoms with Gasteiger partial charge in [0.1, 0.15) is 0 Å². The van der Waals surface area contributed by atoms with Gasteiger partial charge in [0, 0.05) is 11.1 Å². The summed E-state index contributed by atoms with van der Waals surface area (Å²) >= 11 is 0. The van der Waals surface area contributed by atoms with Crippen LogP contribution in [-0.2, 0) is 0 Å². The molecule has 0 bridgehead atoms. The molecule has 0 atom stereocenters. The van der Waals surface area contributed by atoms with Crippen LogP contribution in [0.25, 0.3) is 0 Å². The molecule has 90 valence electrons. The van der Waals surface area contributed by atoms with Gasteiger partial charge in [-0.05, 0) is 59.9 Å². The first-order valence-electron chi connectivity index (χ1n) is 6.68. The highest BCUT2D eigenvalue weighted by Crippen LogP contribution is 2.38. The van der Waals surface area contributed by atoms with Crippen molar-refractivity contribution >= 4 is 0 Å². The predicted molar refractivity (Wildman–Crippen MR) is 68.2 cm³/mol. The zero-order valence-electron chi connectivity index (χ0n) is 11.4. The molecule has 0 aromatic rings. The summed E-state index contributed by atoms with van der Waals surface area (Å²) in [5.41, 5.74) is 0.824. The van der Waals surface area contributed by atoms with Gasteiger partial charge in [-0.25, -0.2) is 0 Å². The van der Waals surface area contributed by atoms with Gasteiger partial charge >= 0.3 is 0 Å². The number of nitrogens with zero attached hydrogens (tertiary/aromatic N) is 1. The van der Waals surface area contributed by atoms with E-state index in [0.29, 0.717) is 11.1 Å². The average Bonchev–Trinajstić information content (AvgIpc) is 2.09. The molecule has 1 aliphatic heterocycles. The van der Waals surface area contributed by atoms with Crippen LogP contribution in [0.5, 0.6) is 0 Å². The maximum Gasteiger partial charge on any atom is 0.0158 e. The Labute approximate surface area is 96.2 Å². The monoisotopic (exact) mass is 211 g/mol. The van der Waals surface area contributed by atoms with E-state index in [1.54, 1.807) is 0 Å². The zero-order valence-corrected chi connectivity index (χ0v) is 11.4. The van der Waals surface area contributed by atoms with Gasteiger partial charge in [0.15, 0.2) is 0 Å². The van der Waals surface area contributed by atoms with Gasteiger partial charge in [0.05, 0.1) is 0 Å². The molecule has 0 spiro atoms. The van der Waals surface area contributed by atoms with Crippen molar-refractivity contribution in [2.24, 2.45) is 0 Å². The molecule has 1 fully saturated rings. The molecular weight excluding hydrogens is 182 g/mol. The Morgan fingerprint density at radius 1 is 0.933 bits per heavy atom. The minimum absolute atomic E-state index is 0.412. The van der Waals surface area contributed by atoms with Crippen molar-refractivity contribution < 1.29 is 0 Å². The van der Waals surface area contributed by atoms with Crippen molar-refractivity contribution in [1.82, 2.24) is 4.90 Å². The summed E-state index contributed by atoms with van der Waals surface area (Å²) in [5, 5.41) is 0. The summed E-state index contributed by atoms with van der Waals surface area (Å²) in [5.74, 6) is 0. The first-order valence-corrected chi connectivity index (χ1v) is 6.68. The number of rotatable bonds is 4. The van der Waals surface area contributed by atoms with E-state index in [0.717, 1.165) is 0 Å². The number of hydrogen-bond donors (Lipinski definition) is 0. The minimum Gasteiger partial charge on any atom is -0.293 e. The smallest absolute Gasteiger partial charge is 0.0158 e. The van der Waals surface area contributed by atoms with Crippen LogP contribution in [0.3, 0.4) is 0 Å². The lowest BCUT2D eigenvalue weighted by Gasteiger charge is -2.53. The van der Waals surface area contributed by atoms with Crippen molar-refractivity contribution in [2.75, 3.05) is 6.54 Å². The second kappa shape index (κ2) is 4.86. The van der Waals surface area contributed by atoms with Gasteiger partial charge in [-0.2, -0.15) is 0 Å². The average molecular weight is 211 g/mol. The molecule has 1 saturated heterocycles. The standard InChI is InChI=1S/C14H29N/c1-6-7-8-12-15-13(2,3)10-9-11-14(15,4)5/h6-12H2,1-5H3. The molecule has 1 heteroatoms. The van der Waals surface area contributed by atoms with Gasteiger partial charge in [-0.15, -0.1) is 0 Å². The summed E-state index contributed by atoms with van der Waals surface area (Å²) in [7, 11) is 0. The number of piperidine rings is 1. The first-order chi connectivity index (χ1) is 6.90. The van der Waals surface area contributed by atoms with Crippen LogP contribution < -0.4 is 0 Å². The Bertz CT molecular complexity index is 178. The molecule has 0 aromatic heterocycles. The summed E-state index contributed by atoms with van der Waals surface area (Å²) in [6, 6.07) is 0. The van der Waals surface area contributed by atoms with Crippen LogP contribution in [0, 0.1) is 0 Å². The molecule has 1 nitrogen and oxygen atoms in total. The molecule has 1 rings (SSSR count). The highest BCUT2D eigenvalue weighted by molar-refractivity contribution is 4.96. The van der Waals surface area contributed by atoms with E-state index < -0.39 is 0 Å². The van der Waals surface area contributed by atoms with Gasteiger partial charge in [-0.3, -0.25) is 4.90 Å². The van der Waals surface area contributed by atoms with Gasteiger partial charge in [0.2, 0.25) is 0 Å². The van der Waals surface area contributed by atoms with Gasteiger partial charge in [0.25, 0.3) is 0 Å². The third kappa shape index (κ3) is 3.21. The molecule has 1 aliphatic rings. The predicted octanol–water partition coefficient (Wildman–Crippen LogP) is 4.22. The topological polar surface area (TPSA) is 3.24 Å². The van der Waals surface area contributed by atoms with Crippen LogP contribution in [-0.4, -0.2) is 22.5 Å². The molecule has 0 aliphatic carbocycles. The Morgan fingerprint density at radius 2 is 1.47 bits per heavy atom. The lowest BCUT2D eigenvalue weighted by molar-refractivity contribution is -0.0275. The van der Waals surface area contributed by atoms with Crippen molar-refractivity contribution in [3.8, 4) is 0 Å². The SMILES string of the molecule is CCCCCN1C(C)(C)CCCC1(C)C. The summed E-state index contributed by atoms with van der Waals surface area (Å²) in [4.78, 5) is 2.75.